The summed E-state index contributed by atoms with van der Waals surface area (Å²) < 4.78 is 12.4. The van der Waals surface area contributed by atoms with Crippen LogP contribution in [0.25, 0.3) is 22.4 Å². The molecule has 28 heavy (non-hydrogen) atoms. The van der Waals surface area contributed by atoms with Crippen LogP contribution < -0.4 is 10.6 Å². The largest absolute Gasteiger partial charge is 0.356 e. The quantitative estimate of drug-likeness (QED) is 0.583. The maximum absolute atomic E-state index is 12.4. The van der Waals surface area contributed by atoms with Crippen LogP contribution in [0.3, 0.4) is 0 Å². The van der Waals surface area contributed by atoms with Gasteiger partial charge in [-0.3, -0.25) is 4.79 Å². The van der Waals surface area contributed by atoms with Crippen molar-refractivity contribution in [1.29, 1.82) is 0 Å². The number of H-pyrrole nitrogens is 1. The summed E-state index contributed by atoms with van der Waals surface area (Å²) >= 11 is 6.09. The van der Waals surface area contributed by atoms with Crippen molar-refractivity contribution in [3.05, 3.63) is 34.7 Å². The smallest absolute Gasteiger partial charge is 0.245 e. The molecule has 1 amide bonds. The molecule has 0 unspecified atom stereocenters. The molecule has 3 aromatic heterocycles. The van der Waals surface area contributed by atoms with E-state index < -0.39 is 12.2 Å². The number of alkyl halides is 1. The molecule has 0 saturated heterocycles. The lowest BCUT2D eigenvalue weighted by molar-refractivity contribution is -0.124. The molecule has 0 aliphatic rings. The number of halogens is 2. The van der Waals surface area contributed by atoms with Crippen LogP contribution in [0.1, 0.15) is 25.1 Å². The molecule has 0 bridgehead atoms. The van der Waals surface area contributed by atoms with Gasteiger partial charge in [0.2, 0.25) is 5.91 Å². The van der Waals surface area contributed by atoms with Crippen LogP contribution in [0.4, 0.5) is 10.2 Å². The topological polar surface area (TPSA) is 95.6 Å². The van der Waals surface area contributed by atoms with E-state index >= 15 is 0 Å². The van der Waals surface area contributed by atoms with Gasteiger partial charge in [0.25, 0.3) is 0 Å². The van der Waals surface area contributed by atoms with Gasteiger partial charge in [-0.25, -0.2) is 19.3 Å². The van der Waals surface area contributed by atoms with Crippen LogP contribution in [0.2, 0.25) is 5.02 Å². The van der Waals surface area contributed by atoms with E-state index in [1.807, 2.05) is 13.8 Å². The average molecular weight is 405 g/mol. The number of fused-ring (bicyclic) bond motifs is 1. The number of carbonyl (C=O) groups excluding carboxylic acids is 1. The van der Waals surface area contributed by atoms with Gasteiger partial charge in [-0.05, 0) is 33.8 Å². The Morgan fingerprint density at radius 3 is 2.79 bits per heavy atom. The van der Waals surface area contributed by atoms with Gasteiger partial charge < -0.3 is 15.6 Å². The molecular weight excluding hydrogens is 383 g/mol. The molecule has 148 valence electrons. The van der Waals surface area contributed by atoms with Crippen molar-refractivity contribution in [3.8, 4) is 11.4 Å². The molecule has 3 aromatic rings. The van der Waals surface area contributed by atoms with Crippen molar-refractivity contribution < 1.29 is 9.18 Å². The van der Waals surface area contributed by atoms with E-state index in [1.54, 1.807) is 32.3 Å². The second-order valence-electron chi connectivity index (χ2n) is 7.05. The zero-order chi connectivity index (χ0) is 20.5. The summed E-state index contributed by atoms with van der Waals surface area (Å²) in [6.45, 7) is 6.54. The number of hydrogen-bond donors (Lipinski definition) is 3. The molecule has 3 rings (SSSR count). The Balaban J connectivity index is 2.01. The molecule has 9 heteroatoms. The van der Waals surface area contributed by atoms with E-state index in [9.17, 15) is 9.18 Å². The van der Waals surface area contributed by atoms with Gasteiger partial charge in [0.1, 0.15) is 23.7 Å². The van der Waals surface area contributed by atoms with E-state index in [-0.39, 0.29) is 12.5 Å². The Labute approximate surface area is 167 Å². The molecule has 0 spiro atoms. The SMILES string of the molecule is Cc1nc(-c2c[nH]c3ncc(Cl)cc23)nc(NC(C)(C)C(=O)NCCF)c1C. The van der Waals surface area contributed by atoms with Gasteiger partial charge in [0, 0.05) is 41.1 Å². The Hall–Kier alpha value is -2.74. The van der Waals surface area contributed by atoms with Crippen LogP contribution in [-0.4, -0.2) is 44.6 Å². The number of carbonyl (C=O) groups is 1. The van der Waals surface area contributed by atoms with E-state index in [1.165, 1.54) is 0 Å². The first-order chi connectivity index (χ1) is 13.2. The highest BCUT2D eigenvalue weighted by atomic mass is 35.5. The lowest BCUT2D eigenvalue weighted by Gasteiger charge is -2.27. The second-order valence-corrected chi connectivity index (χ2v) is 7.49. The Kier molecular flexibility index (Phi) is 5.51. The molecule has 0 saturated carbocycles. The maximum Gasteiger partial charge on any atom is 0.245 e. The molecule has 7 nitrogen and oxygen atoms in total. The van der Waals surface area contributed by atoms with Gasteiger partial charge in [-0.1, -0.05) is 11.6 Å². The van der Waals surface area contributed by atoms with Crippen molar-refractivity contribution in [2.24, 2.45) is 0 Å². The first-order valence-electron chi connectivity index (χ1n) is 8.83. The molecule has 0 aliphatic heterocycles. The number of aromatic nitrogens is 4. The zero-order valence-corrected chi connectivity index (χ0v) is 16.9. The summed E-state index contributed by atoms with van der Waals surface area (Å²) in [5, 5.41) is 7.03. The van der Waals surface area contributed by atoms with E-state index in [0.717, 1.165) is 22.2 Å². The number of hydrogen-bond acceptors (Lipinski definition) is 5. The minimum Gasteiger partial charge on any atom is -0.356 e. The Morgan fingerprint density at radius 1 is 1.32 bits per heavy atom. The molecule has 3 heterocycles. The lowest BCUT2D eigenvalue weighted by atomic mass is 10.0. The zero-order valence-electron chi connectivity index (χ0n) is 16.2. The summed E-state index contributed by atoms with van der Waals surface area (Å²) in [4.78, 5) is 28.9. The number of aromatic amines is 1. The number of pyridine rings is 1. The van der Waals surface area contributed by atoms with Crippen LogP contribution in [0, 0.1) is 13.8 Å². The number of rotatable bonds is 6. The van der Waals surface area contributed by atoms with Crippen LogP contribution in [-0.2, 0) is 4.79 Å². The predicted octanol–water partition coefficient (Wildman–Crippen LogP) is 3.57. The van der Waals surface area contributed by atoms with Gasteiger partial charge in [0.15, 0.2) is 5.82 Å². The second kappa shape index (κ2) is 7.71. The molecule has 0 aromatic carbocycles. The molecule has 0 fully saturated rings. The average Bonchev–Trinajstić information content (AvgIpc) is 3.06. The highest BCUT2D eigenvalue weighted by Crippen LogP contribution is 2.30. The number of nitrogens with one attached hydrogen (secondary N) is 3. The highest BCUT2D eigenvalue weighted by molar-refractivity contribution is 6.31. The first-order valence-corrected chi connectivity index (χ1v) is 9.21. The minimum atomic E-state index is -0.983. The standard InChI is InChI=1S/C19H22ClFN6O/c1-10-11(2)25-17(14-9-24-16-13(14)7-12(20)8-23-16)26-15(10)27-19(3,4)18(28)22-6-5-21/h7-9H,5-6H2,1-4H3,(H,22,28)(H,23,24)(H,25,26,27). The minimum absolute atomic E-state index is 0.0277. The Morgan fingerprint density at radius 2 is 2.07 bits per heavy atom. The summed E-state index contributed by atoms with van der Waals surface area (Å²) in [5.41, 5.74) is 2.06. The summed E-state index contributed by atoms with van der Waals surface area (Å²) in [5.74, 6) is 0.707. The number of amides is 1. The fourth-order valence-corrected chi connectivity index (χ4v) is 2.93. The van der Waals surface area contributed by atoms with Crippen molar-refractivity contribution in [2.45, 2.75) is 33.2 Å². The first kappa shape index (κ1) is 20.0. The molecular formula is C19H22ClFN6O. The fourth-order valence-electron chi connectivity index (χ4n) is 2.77. The maximum atomic E-state index is 12.4. The Bertz CT molecular complexity index is 1030. The number of anilines is 1. The monoisotopic (exact) mass is 404 g/mol. The van der Waals surface area contributed by atoms with Gasteiger partial charge >= 0.3 is 0 Å². The normalized spacial score (nSPS) is 11.6. The van der Waals surface area contributed by atoms with Gasteiger partial charge in [-0.15, -0.1) is 0 Å². The third-order valence-electron chi connectivity index (χ3n) is 4.51. The number of nitrogens with zero attached hydrogens (tertiary/aromatic N) is 3. The van der Waals surface area contributed by atoms with Crippen LogP contribution in [0.15, 0.2) is 18.5 Å². The summed E-state index contributed by atoms with van der Waals surface area (Å²) in [7, 11) is 0. The fraction of sp³-hybridized carbons (Fsp3) is 0.368. The molecule has 0 aliphatic carbocycles. The van der Waals surface area contributed by atoms with Crippen molar-refractivity contribution in [2.75, 3.05) is 18.5 Å². The third-order valence-corrected chi connectivity index (χ3v) is 4.71. The lowest BCUT2D eigenvalue weighted by Crippen LogP contribution is -2.48. The van der Waals surface area contributed by atoms with E-state index in [0.29, 0.717) is 22.3 Å². The van der Waals surface area contributed by atoms with E-state index in [4.69, 9.17) is 11.6 Å². The number of aryl methyl sites for hydroxylation is 1. The predicted molar refractivity (Wildman–Crippen MR) is 108 cm³/mol. The third kappa shape index (κ3) is 3.91. The molecule has 0 radical (unpaired) electrons. The van der Waals surface area contributed by atoms with Gasteiger partial charge in [0.05, 0.1) is 5.02 Å². The van der Waals surface area contributed by atoms with Gasteiger partial charge in [-0.2, -0.15) is 0 Å². The van der Waals surface area contributed by atoms with Crippen molar-refractivity contribution in [1.82, 2.24) is 25.3 Å². The molecule has 0 atom stereocenters. The van der Waals surface area contributed by atoms with Crippen molar-refractivity contribution >= 4 is 34.4 Å². The highest BCUT2D eigenvalue weighted by Gasteiger charge is 2.29. The van der Waals surface area contributed by atoms with E-state index in [2.05, 4.69) is 30.6 Å². The van der Waals surface area contributed by atoms with Crippen LogP contribution in [0.5, 0.6) is 0 Å². The summed E-state index contributed by atoms with van der Waals surface area (Å²) in [6, 6.07) is 1.80. The van der Waals surface area contributed by atoms with Crippen LogP contribution >= 0.6 is 11.6 Å². The van der Waals surface area contributed by atoms with Crippen molar-refractivity contribution in [3.63, 3.8) is 0 Å². The molecule has 3 N–H and O–H groups in total. The summed E-state index contributed by atoms with van der Waals surface area (Å²) in [6.07, 6.45) is 3.35.